The summed E-state index contributed by atoms with van der Waals surface area (Å²) < 4.78 is 1.10. The molecule has 1 heterocycles. The van der Waals surface area contributed by atoms with Gasteiger partial charge in [-0.3, -0.25) is 0 Å². The zero-order valence-electron chi connectivity index (χ0n) is 9.34. The summed E-state index contributed by atoms with van der Waals surface area (Å²) in [5, 5.41) is 4.78. The molecule has 0 fully saturated rings. The summed E-state index contributed by atoms with van der Waals surface area (Å²) in [5.74, 6) is 0. The summed E-state index contributed by atoms with van der Waals surface area (Å²) in [4.78, 5) is 4.49. The lowest BCUT2D eigenvalue weighted by molar-refractivity contribution is 0.921. The fourth-order valence-electron chi connectivity index (χ4n) is 1.55. The molecule has 2 rings (SSSR count). The van der Waals surface area contributed by atoms with Gasteiger partial charge >= 0.3 is 0 Å². The first-order valence-corrected chi connectivity index (χ1v) is 7.25. The lowest BCUT2D eigenvalue weighted by Crippen LogP contribution is -1.93. The van der Waals surface area contributed by atoms with E-state index in [1.54, 1.807) is 11.3 Å². The van der Waals surface area contributed by atoms with Gasteiger partial charge in [-0.2, -0.15) is 0 Å². The van der Waals surface area contributed by atoms with Crippen LogP contribution < -0.4 is 5.32 Å². The lowest BCUT2D eigenvalue weighted by Gasteiger charge is -2.00. The normalized spacial score (nSPS) is 10.5. The van der Waals surface area contributed by atoms with Gasteiger partial charge in [-0.1, -0.05) is 35.1 Å². The van der Waals surface area contributed by atoms with Crippen LogP contribution in [0.1, 0.15) is 11.3 Å². The summed E-state index contributed by atoms with van der Waals surface area (Å²) in [6, 6.07) is 7.96. The van der Waals surface area contributed by atoms with Crippen molar-refractivity contribution in [2.24, 2.45) is 0 Å². The van der Waals surface area contributed by atoms with Crippen molar-refractivity contribution in [3.63, 3.8) is 0 Å². The number of aromatic nitrogens is 1. The van der Waals surface area contributed by atoms with Crippen molar-refractivity contribution in [1.29, 1.82) is 0 Å². The summed E-state index contributed by atoms with van der Waals surface area (Å²) in [6.07, 6.45) is 1.87. The second kappa shape index (κ2) is 5.85. The predicted molar refractivity (Wildman–Crippen MR) is 78.2 cm³/mol. The first kappa shape index (κ1) is 12.9. The molecule has 1 aromatic carbocycles. The number of hydrogen-bond acceptors (Lipinski definition) is 3. The third-order valence-corrected chi connectivity index (χ3v) is 4.49. The number of nitrogens with one attached hydrogen (secondary N) is 1. The second-order valence-electron chi connectivity index (χ2n) is 3.62. The number of benzene rings is 1. The molecule has 0 radical (unpaired) electrons. The number of aryl methyl sites for hydroxylation is 2. The smallest absolute Gasteiger partial charge is 0.183 e. The topological polar surface area (TPSA) is 24.9 Å². The molecule has 0 amide bonds. The maximum absolute atomic E-state index is 5.95. The van der Waals surface area contributed by atoms with E-state index in [4.69, 9.17) is 11.6 Å². The molecule has 0 unspecified atom stereocenters. The van der Waals surface area contributed by atoms with Crippen molar-refractivity contribution < 1.29 is 0 Å². The summed E-state index contributed by atoms with van der Waals surface area (Å²) in [6.45, 7) is 0. The average Bonchev–Trinajstić information content (AvgIpc) is 2.68. The SMILES string of the molecule is CNc1nc(CCc2cccc(Cl)c2)c(Br)s1. The van der Waals surface area contributed by atoms with Crippen LogP contribution >= 0.6 is 38.9 Å². The average molecular weight is 332 g/mol. The van der Waals surface area contributed by atoms with Crippen LogP contribution in [0.3, 0.4) is 0 Å². The minimum Gasteiger partial charge on any atom is -0.365 e. The van der Waals surface area contributed by atoms with E-state index in [9.17, 15) is 0 Å². The highest BCUT2D eigenvalue weighted by Crippen LogP contribution is 2.29. The van der Waals surface area contributed by atoms with E-state index >= 15 is 0 Å². The molecule has 0 saturated heterocycles. The minimum atomic E-state index is 0.788. The zero-order chi connectivity index (χ0) is 12.3. The lowest BCUT2D eigenvalue weighted by atomic mass is 10.1. The molecule has 0 saturated carbocycles. The Morgan fingerprint density at radius 1 is 1.41 bits per heavy atom. The van der Waals surface area contributed by atoms with Crippen LogP contribution in [-0.2, 0) is 12.8 Å². The number of nitrogens with zero attached hydrogens (tertiary/aromatic N) is 1. The fourth-order valence-corrected chi connectivity index (χ4v) is 3.20. The molecule has 1 aromatic heterocycles. The molecule has 2 aromatic rings. The molecule has 0 atom stereocenters. The molecule has 2 nitrogen and oxygen atoms in total. The largest absolute Gasteiger partial charge is 0.365 e. The Hall–Kier alpha value is -0.580. The molecule has 0 aliphatic heterocycles. The van der Waals surface area contributed by atoms with E-state index in [0.29, 0.717) is 0 Å². The molecule has 90 valence electrons. The van der Waals surface area contributed by atoms with E-state index in [1.807, 2.05) is 25.2 Å². The van der Waals surface area contributed by atoms with Crippen LogP contribution in [-0.4, -0.2) is 12.0 Å². The summed E-state index contributed by atoms with van der Waals surface area (Å²) in [5.41, 5.74) is 2.34. The first-order valence-electron chi connectivity index (χ1n) is 5.26. The molecule has 17 heavy (non-hydrogen) atoms. The van der Waals surface area contributed by atoms with Gasteiger partial charge in [-0.05, 0) is 46.5 Å². The van der Waals surface area contributed by atoms with Crippen molar-refractivity contribution in [2.45, 2.75) is 12.8 Å². The van der Waals surface area contributed by atoms with Gasteiger partial charge in [-0.25, -0.2) is 4.98 Å². The minimum absolute atomic E-state index is 0.788. The molecule has 1 N–H and O–H groups in total. The van der Waals surface area contributed by atoms with Gasteiger partial charge in [0.05, 0.1) is 9.48 Å². The van der Waals surface area contributed by atoms with Crippen molar-refractivity contribution in [1.82, 2.24) is 4.98 Å². The number of halogens is 2. The Labute approximate surface area is 118 Å². The van der Waals surface area contributed by atoms with E-state index in [0.717, 1.165) is 32.5 Å². The van der Waals surface area contributed by atoms with E-state index in [1.165, 1.54) is 5.56 Å². The van der Waals surface area contributed by atoms with Crippen molar-refractivity contribution >= 4 is 44.0 Å². The highest BCUT2D eigenvalue weighted by atomic mass is 79.9. The van der Waals surface area contributed by atoms with Crippen molar-refractivity contribution in [3.05, 3.63) is 44.3 Å². The fraction of sp³-hybridized carbons (Fsp3) is 0.250. The van der Waals surface area contributed by atoms with Gasteiger partial charge in [0.1, 0.15) is 0 Å². The standard InChI is InChI=1S/C12H12BrClN2S/c1-15-12-16-10(11(13)17-12)6-5-8-3-2-4-9(14)7-8/h2-4,7H,5-6H2,1H3,(H,15,16). The summed E-state index contributed by atoms with van der Waals surface area (Å²) in [7, 11) is 1.88. The molecular formula is C12H12BrClN2S. The van der Waals surface area contributed by atoms with Gasteiger partial charge in [0.25, 0.3) is 0 Å². The van der Waals surface area contributed by atoms with Crippen LogP contribution in [0.4, 0.5) is 5.13 Å². The van der Waals surface area contributed by atoms with Gasteiger partial charge in [0.15, 0.2) is 5.13 Å². The van der Waals surface area contributed by atoms with Crippen LogP contribution in [0.25, 0.3) is 0 Å². The Balaban J connectivity index is 2.04. The zero-order valence-corrected chi connectivity index (χ0v) is 12.5. The van der Waals surface area contributed by atoms with Crippen LogP contribution in [0.5, 0.6) is 0 Å². The van der Waals surface area contributed by atoms with Gasteiger partial charge in [0.2, 0.25) is 0 Å². The second-order valence-corrected chi connectivity index (χ2v) is 6.37. The monoisotopic (exact) mass is 330 g/mol. The maximum atomic E-state index is 5.95. The Morgan fingerprint density at radius 3 is 2.88 bits per heavy atom. The molecule has 5 heteroatoms. The molecule has 0 bridgehead atoms. The maximum Gasteiger partial charge on any atom is 0.183 e. The molecule has 0 aliphatic rings. The first-order chi connectivity index (χ1) is 8.19. The van der Waals surface area contributed by atoms with E-state index in [-0.39, 0.29) is 0 Å². The summed E-state index contributed by atoms with van der Waals surface area (Å²) >= 11 is 11.1. The number of hydrogen-bond donors (Lipinski definition) is 1. The molecule has 0 aliphatic carbocycles. The van der Waals surface area contributed by atoms with Gasteiger partial charge < -0.3 is 5.32 Å². The number of anilines is 1. The van der Waals surface area contributed by atoms with Crippen LogP contribution in [0, 0.1) is 0 Å². The molecular weight excluding hydrogens is 320 g/mol. The predicted octanol–water partition coefficient (Wildman–Crippen LogP) is 4.39. The third kappa shape index (κ3) is 3.44. The van der Waals surface area contributed by atoms with Crippen LogP contribution in [0.2, 0.25) is 5.02 Å². The van der Waals surface area contributed by atoms with Crippen LogP contribution in [0.15, 0.2) is 28.1 Å². The number of thiazole rings is 1. The Kier molecular flexibility index (Phi) is 4.42. The highest BCUT2D eigenvalue weighted by molar-refractivity contribution is 9.11. The Morgan fingerprint density at radius 2 is 2.24 bits per heavy atom. The third-order valence-electron chi connectivity index (χ3n) is 2.40. The molecule has 0 spiro atoms. The van der Waals surface area contributed by atoms with E-state index in [2.05, 4.69) is 32.3 Å². The van der Waals surface area contributed by atoms with E-state index < -0.39 is 0 Å². The Bertz CT molecular complexity index is 513. The van der Waals surface area contributed by atoms with Gasteiger partial charge in [-0.15, -0.1) is 0 Å². The van der Waals surface area contributed by atoms with Gasteiger partial charge in [0, 0.05) is 12.1 Å². The number of rotatable bonds is 4. The highest BCUT2D eigenvalue weighted by Gasteiger charge is 2.08. The quantitative estimate of drug-likeness (QED) is 0.899. The van der Waals surface area contributed by atoms with Crippen molar-refractivity contribution in [3.8, 4) is 0 Å². The van der Waals surface area contributed by atoms with Crippen molar-refractivity contribution in [2.75, 3.05) is 12.4 Å².